The van der Waals surface area contributed by atoms with E-state index in [1.165, 1.54) is 4.57 Å². The number of hydrogen-bond donors (Lipinski definition) is 0. The van der Waals surface area contributed by atoms with Crippen molar-refractivity contribution in [1.29, 1.82) is 0 Å². The zero-order chi connectivity index (χ0) is 13.1. The highest BCUT2D eigenvalue weighted by Gasteiger charge is 2.15. The summed E-state index contributed by atoms with van der Waals surface area (Å²) in [5.74, 6) is -0.401. The first-order valence-electron chi connectivity index (χ1n) is 6.52. The lowest BCUT2D eigenvalue weighted by molar-refractivity contribution is -0.163. The Morgan fingerprint density at radius 2 is 2.42 bits per heavy atom. The molecule has 0 amide bonds. The van der Waals surface area contributed by atoms with E-state index in [1.807, 2.05) is 0 Å². The molecule has 1 aliphatic rings. The summed E-state index contributed by atoms with van der Waals surface area (Å²) in [6.45, 7) is 1.58. The van der Waals surface area contributed by atoms with E-state index in [0.29, 0.717) is 24.4 Å². The quantitative estimate of drug-likeness (QED) is 0.837. The molecule has 102 valence electrons. The average Bonchev–Trinajstić information content (AvgIpc) is 2.76. The molecule has 2 aromatic rings. The maximum absolute atomic E-state index is 11.7. The van der Waals surface area contributed by atoms with Crippen LogP contribution in [0.15, 0.2) is 27.5 Å². The van der Waals surface area contributed by atoms with Crippen LogP contribution < -0.4 is 5.76 Å². The van der Waals surface area contributed by atoms with Crippen LogP contribution in [0.3, 0.4) is 0 Å². The molecule has 0 spiro atoms. The lowest BCUT2D eigenvalue weighted by Gasteiger charge is -2.22. The monoisotopic (exact) mass is 264 g/mol. The molecule has 0 N–H and O–H groups in total. The van der Waals surface area contributed by atoms with Gasteiger partial charge in [0.05, 0.1) is 13.2 Å². The summed E-state index contributed by atoms with van der Waals surface area (Å²) in [5, 5.41) is 0. The van der Waals surface area contributed by atoms with Gasteiger partial charge in [0.1, 0.15) is 0 Å². The summed E-state index contributed by atoms with van der Waals surface area (Å²) in [6, 6.07) is 3.47. The minimum Gasteiger partial charge on any atom is -0.406 e. The molecule has 2 aromatic heterocycles. The Balaban J connectivity index is 1.65. The first-order valence-corrected chi connectivity index (χ1v) is 6.52. The molecule has 0 saturated carbocycles. The predicted molar refractivity (Wildman–Crippen MR) is 67.8 cm³/mol. The van der Waals surface area contributed by atoms with Crippen LogP contribution in [0.25, 0.3) is 11.2 Å². The average molecular weight is 264 g/mol. The van der Waals surface area contributed by atoms with Crippen molar-refractivity contribution in [1.82, 2.24) is 9.55 Å². The molecule has 19 heavy (non-hydrogen) atoms. The SMILES string of the molecule is O=c1oc2cccnc2n1CCO[C@@H]1CCCCO1. The van der Waals surface area contributed by atoms with Gasteiger partial charge >= 0.3 is 5.76 Å². The molecular formula is C13H16N2O4. The van der Waals surface area contributed by atoms with E-state index in [9.17, 15) is 4.79 Å². The molecule has 1 aliphatic heterocycles. The number of ether oxygens (including phenoxy) is 2. The Labute approximate surface area is 109 Å². The van der Waals surface area contributed by atoms with Crippen LogP contribution in [0.5, 0.6) is 0 Å². The second-order valence-corrected chi connectivity index (χ2v) is 4.51. The van der Waals surface area contributed by atoms with Crippen molar-refractivity contribution in [2.75, 3.05) is 13.2 Å². The van der Waals surface area contributed by atoms with E-state index < -0.39 is 5.76 Å². The topological polar surface area (TPSA) is 66.5 Å². The van der Waals surface area contributed by atoms with Crippen molar-refractivity contribution in [2.24, 2.45) is 0 Å². The lowest BCUT2D eigenvalue weighted by atomic mass is 10.2. The van der Waals surface area contributed by atoms with Crippen LogP contribution in [-0.4, -0.2) is 29.1 Å². The van der Waals surface area contributed by atoms with Gasteiger partial charge in [0.2, 0.25) is 0 Å². The van der Waals surface area contributed by atoms with Gasteiger partial charge in [0.15, 0.2) is 17.5 Å². The lowest BCUT2D eigenvalue weighted by Crippen LogP contribution is -2.25. The summed E-state index contributed by atoms with van der Waals surface area (Å²) < 4.78 is 17.7. The molecule has 0 aliphatic carbocycles. The second-order valence-electron chi connectivity index (χ2n) is 4.51. The summed E-state index contributed by atoms with van der Waals surface area (Å²) in [6.07, 6.45) is 4.63. The Bertz CT molecular complexity index is 598. The second kappa shape index (κ2) is 5.54. The number of aromatic nitrogens is 2. The maximum Gasteiger partial charge on any atom is 0.421 e. The fraction of sp³-hybridized carbons (Fsp3) is 0.538. The molecule has 0 aromatic carbocycles. The van der Waals surface area contributed by atoms with Gasteiger partial charge < -0.3 is 13.9 Å². The number of fused-ring (bicyclic) bond motifs is 1. The first-order chi connectivity index (χ1) is 9.34. The van der Waals surface area contributed by atoms with Crippen molar-refractivity contribution >= 4 is 11.2 Å². The first kappa shape index (κ1) is 12.4. The Morgan fingerprint density at radius 1 is 1.47 bits per heavy atom. The number of rotatable bonds is 4. The molecule has 6 heteroatoms. The van der Waals surface area contributed by atoms with Gasteiger partial charge in [-0.05, 0) is 31.4 Å². The van der Waals surface area contributed by atoms with E-state index in [4.69, 9.17) is 13.9 Å². The summed E-state index contributed by atoms with van der Waals surface area (Å²) >= 11 is 0. The number of pyridine rings is 1. The normalized spacial score (nSPS) is 19.9. The fourth-order valence-electron chi connectivity index (χ4n) is 2.22. The molecular weight excluding hydrogens is 248 g/mol. The Hall–Kier alpha value is -1.66. The summed E-state index contributed by atoms with van der Waals surface area (Å²) in [5.41, 5.74) is 1.06. The predicted octanol–water partition coefficient (Wildman–Crippen LogP) is 1.53. The zero-order valence-corrected chi connectivity index (χ0v) is 10.6. The standard InChI is InChI=1S/C13H16N2O4/c16-13-15(12-10(19-13)4-3-6-14-12)7-9-18-11-5-1-2-8-17-11/h3-4,6,11H,1-2,5,7-9H2/t11-/m1/s1. The van der Waals surface area contributed by atoms with Crippen LogP contribution in [0, 0.1) is 0 Å². The van der Waals surface area contributed by atoms with Crippen LogP contribution >= 0.6 is 0 Å². The van der Waals surface area contributed by atoms with E-state index in [2.05, 4.69) is 4.98 Å². The van der Waals surface area contributed by atoms with Crippen molar-refractivity contribution in [3.63, 3.8) is 0 Å². The third kappa shape index (κ3) is 2.69. The molecule has 1 saturated heterocycles. The van der Waals surface area contributed by atoms with Gasteiger partial charge in [-0.25, -0.2) is 9.78 Å². The summed E-state index contributed by atoms with van der Waals surface area (Å²) in [7, 11) is 0. The van der Waals surface area contributed by atoms with Gasteiger partial charge in [-0.3, -0.25) is 4.57 Å². The Kier molecular flexibility index (Phi) is 3.61. The van der Waals surface area contributed by atoms with E-state index >= 15 is 0 Å². The van der Waals surface area contributed by atoms with Crippen molar-refractivity contribution in [3.05, 3.63) is 28.9 Å². The number of oxazole rings is 1. The van der Waals surface area contributed by atoms with Crippen LogP contribution in [-0.2, 0) is 16.0 Å². The van der Waals surface area contributed by atoms with Crippen molar-refractivity contribution in [3.8, 4) is 0 Å². The highest BCUT2D eigenvalue weighted by Crippen LogP contribution is 2.14. The third-order valence-electron chi connectivity index (χ3n) is 3.18. The largest absolute Gasteiger partial charge is 0.421 e. The summed E-state index contributed by atoms with van der Waals surface area (Å²) in [4.78, 5) is 15.8. The van der Waals surface area contributed by atoms with Crippen LogP contribution in [0.4, 0.5) is 0 Å². The maximum atomic E-state index is 11.7. The van der Waals surface area contributed by atoms with Gasteiger partial charge in [-0.15, -0.1) is 0 Å². The number of nitrogens with zero attached hydrogens (tertiary/aromatic N) is 2. The van der Waals surface area contributed by atoms with Crippen LogP contribution in [0.2, 0.25) is 0 Å². The van der Waals surface area contributed by atoms with Gasteiger partial charge in [0, 0.05) is 12.8 Å². The third-order valence-corrected chi connectivity index (χ3v) is 3.18. The van der Waals surface area contributed by atoms with E-state index in [0.717, 1.165) is 25.9 Å². The van der Waals surface area contributed by atoms with Gasteiger partial charge in [-0.2, -0.15) is 0 Å². The smallest absolute Gasteiger partial charge is 0.406 e. The fourth-order valence-corrected chi connectivity index (χ4v) is 2.22. The van der Waals surface area contributed by atoms with Crippen molar-refractivity contribution in [2.45, 2.75) is 32.1 Å². The van der Waals surface area contributed by atoms with E-state index in [1.54, 1.807) is 18.3 Å². The highest BCUT2D eigenvalue weighted by molar-refractivity contribution is 5.67. The van der Waals surface area contributed by atoms with Crippen LogP contribution in [0.1, 0.15) is 19.3 Å². The van der Waals surface area contributed by atoms with Crippen molar-refractivity contribution < 1.29 is 13.9 Å². The Morgan fingerprint density at radius 3 is 3.26 bits per heavy atom. The van der Waals surface area contributed by atoms with Gasteiger partial charge in [0.25, 0.3) is 0 Å². The molecule has 1 fully saturated rings. The molecule has 6 nitrogen and oxygen atoms in total. The molecule has 0 bridgehead atoms. The molecule has 3 rings (SSSR count). The molecule has 1 atom stereocenters. The van der Waals surface area contributed by atoms with Gasteiger partial charge in [-0.1, -0.05) is 0 Å². The molecule has 0 radical (unpaired) electrons. The minimum absolute atomic E-state index is 0.143. The molecule has 0 unspecified atom stereocenters. The highest BCUT2D eigenvalue weighted by atomic mass is 16.7. The van der Waals surface area contributed by atoms with E-state index in [-0.39, 0.29) is 6.29 Å². The minimum atomic E-state index is -0.401. The number of hydrogen-bond acceptors (Lipinski definition) is 5. The molecule has 3 heterocycles. The zero-order valence-electron chi connectivity index (χ0n) is 10.6.